The fourth-order valence-corrected chi connectivity index (χ4v) is 2.67. The molecular weight excluding hydrogens is 316 g/mol. The summed E-state index contributed by atoms with van der Waals surface area (Å²) in [5, 5.41) is 7.51. The molecule has 23 heavy (non-hydrogen) atoms. The number of nitrogens with zero attached hydrogens (tertiary/aromatic N) is 2. The second-order valence-corrected chi connectivity index (χ2v) is 5.75. The number of hydrogen-bond donors (Lipinski definition) is 1. The first-order valence-electron chi connectivity index (χ1n) is 6.92. The van der Waals surface area contributed by atoms with Gasteiger partial charge in [0, 0.05) is 5.75 Å². The number of nitrogens with one attached hydrogen (secondary N) is 1. The van der Waals surface area contributed by atoms with Crippen molar-refractivity contribution in [3.63, 3.8) is 0 Å². The van der Waals surface area contributed by atoms with Crippen LogP contribution in [0.25, 0.3) is 12.2 Å². The molecule has 3 nitrogen and oxygen atoms in total. The molecule has 0 saturated heterocycles. The summed E-state index contributed by atoms with van der Waals surface area (Å²) in [5.41, 5.74) is 1.75. The second-order valence-electron chi connectivity index (χ2n) is 4.81. The predicted octanol–water partition coefficient (Wildman–Crippen LogP) is 4.55. The fourth-order valence-electron chi connectivity index (χ4n) is 1.92. The first-order valence-corrected chi connectivity index (χ1v) is 7.91. The molecule has 0 saturated carbocycles. The molecule has 0 aliphatic carbocycles. The van der Waals surface area contributed by atoms with Crippen LogP contribution in [0.4, 0.5) is 8.78 Å². The predicted molar refractivity (Wildman–Crippen MR) is 87.7 cm³/mol. The molecule has 0 fully saturated rings. The van der Waals surface area contributed by atoms with E-state index in [1.165, 1.54) is 36.0 Å². The molecule has 1 aromatic heterocycles. The van der Waals surface area contributed by atoms with Gasteiger partial charge in [-0.15, -0.1) is 5.10 Å². The number of halogens is 2. The summed E-state index contributed by atoms with van der Waals surface area (Å²) in [6.45, 7) is 0. The lowest BCUT2D eigenvalue weighted by Gasteiger charge is -1.97. The van der Waals surface area contributed by atoms with Crippen molar-refractivity contribution in [1.29, 1.82) is 0 Å². The smallest absolute Gasteiger partial charge is 0.209 e. The molecule has 1 heterocycles. The molecule has 6 heteroatoms. The van der Waals surface area contributed by atoms with E-state index in [0.29, 0.717) is 16.7 Å². The van der Waals surface area contributed by atoms with E-state index in [1.54, 1.807) is 24.3 Å². The van der Waals surface area contributed by atoms with Crippen molar-refractivity contribution in [2.24, 2.45) is 0 Å². The molecule has 2 aromatic carbocycles. The largest absolute Gasteiger partial charge is 0.259 e. The highest BCUT2D eigenvalue weighted by Gasteiger charge is 2.03. The molecule has 116 valence electrons. The Morgan fingerprint density at radius 3 is 2.61 bits per heavy atom. The van der Waals surface area contributed by atoms with Crippen molar-refractivity contribution in [2.45, 2.75) is 10.9 Å². The highest BCUT2D eigenvalue weighted by molar-refractivity contribution is 7.98. The van der Waals surface area contributed by atoms with Gasteiger partial charge in [-0.2, -0.15) is 0 Å². The first-order chi connectivity index (χ1) is 11.2. The highest BCUT2D eigenvalue weighted by Crippen LogP contribution is 2.19. The third-order valence-corrected chi connectivity index (χ3v) is 3.96. The third kappa shape index (κ3) is 4.50. The lowest BCUT2D eigenvalue weighted by Crippen LogP contribution is -1.83. The fraction of sp³-hybridized carbons (Fsp3) is 0.0588. The summed E-state index contributed by atoms with van der Waals surface area (Å²) in [6, 6.07) is 12.6. The van der Waals surface area contributed by atoms with Crippen LogP contribution in [0.2, 0.25) is 0 Å². The zero-order chi connectivity index (χ0) is 16.1. The molecule has 0 spiro atoms. The van der Waals surface area contributed by atoms with Crippen molar-refractivity contribution in [2.75, 3.05) is 0 Å². The number of aromatic nitrogens is 3. The lowest BCUT2D eigenvalue weighted by molar-refractivity contribution is 0.626. The molecule has 0 bridgehead atoms. The lowest BCUT2D eigenvalue weighted by atomic mass is 10.2. The Morgan fingerprint density at radius 2 is 1.83 bits per heavy atom. The van der Waals surface area contributed by atoms with Crippen LogP contribution in [0, 0.1) is 11.6 Å². The van der Waals surface area contributed by atoms with Crippen LogP contribution >= 0.6 is 11.8 Å². The summed E-state index contributed by atoms with van der Waals surface area (Å²) >= 11 is 1.42. The molecular formula is C17H13F2N3S. The maximum atomic E-state index is 13.1. The van der Waals surface area contributed by atoms with Crippen molar-refractivity contribution in [3.8, 4) is 0 Å². The molecule has 0 unspecified atom stereocenters. The van der Waals surface area contributed by atoms with E-state index in [2.05, 4.69) is 15.2 Å². The third-order valence-electron chi connectivity index (χ3n) is 3.04. The van der Waals surface area contributed by atoms with E-state index < -0.39 is 0 Å². The van der Waals surface area contributed by atoms with Crippen LogP contribution in [0.1, 0.15) is 17.0 Å². The summed E-state index contributed by atoms with van der Waals surface area (Å²) in [7, 11) is 0. The number of aromatic amines is 1. The number of hydrogen-bond acceptors (Lipinski definition) is 3. The van der Waals surface area contributed by atoms with E-state index in [-0.39, 0.29) is 11.6 Å². The van der Waals surface area contributed by atoms with E-state index in [1.807, 2.05) is 12.1 Å². The maximum Gasteiger partial charge on any atom is 0.209 e. The Kier molecular flexibility index (Phi) is 4.83. The topological polar surface area (TPSA) is 41.6 Å². The van der Waals surface area contributed by atoms with Gasteiger partial charge < -0.3 is 0 Å². The van der Waals surface area contributed by atoms with Gasteiger partial charge in [-0.25, -0.2) is 13.8 Å². The monoisotopic (exact) mass is 329 g/mol. The summed E-state index contributed by atoms with van der Waals surface area (Å²) in [4.78, 5) is 4.32. The Balaban J connectivity index is 1.60. The zero-order valence-corrected chi connectivity index (χ0v) is 12.9. The molecule has 0 aliphatic rings. The van der Waals surface area contributed by atoms with Gasteiger partial charge in [0.05, 0.1) is 0 Å². The Hall–Kier alpha value is -2.47. The average molecular weight is 329 g/mol. The van der Waals surface area contributed by atoms with Gasteiger partial charge in [0.15, 0.2) is 0 Å². The van der Waals surface area contributed by atoms with Crippen molar-refractivity contribution in [3.05, 3.63) is 77.1 Å². The minimum absolute atomic E-state index is 0.249. The number of benzene rings is 2. The minimum atomic E-state index is -0.266. The quantitative estimate of drug-likeness (QED) is 0.699. The van der Waals surface area contributed by atoms with E-state index in [0.717, 1.165) is 11.1 Å². The van der Waals surface area contributed by atoms with Crippen LogP contribution in [0.3, 0.4) is 0 Å². The van der Waals surface area contributed by atoms with Gasteiger partial charge in [-0.1, -0.05) is 42.1 Å². The molecule has 1 N–H and O–H groups in total. The Morgan fingerprint density at radius 1 is 1.00 bits per heavy atom. The molecule has 0 atom stereocenters. The van der Waals surface area contributed by atoms with Gasteiger partial charge in [0.25, 0.3) is 0 Å². The summed E-state index contributed by atoms with van der Waals surface area (Å²) < 4.78 is 25.9. The Labute approximate surface area is 136 Å². The molecule has 3 aromatic rings. The average Bonchev–Trinajstić information content (AvgIpc) is 3.00. The Bertz CT molecular complexity index is 813. The summed E-state index contributed by atoms with van der Waals surface area (Å²) in [5.74, 6) is 0.687. The molecule has 0 radical (unpaired) electrons. The minimum Gasteiger partial charge on any atom is -0.259 e. The van der Waals surface area contributed by atoms with E-state index >= 15 is 0 Å². The SMILES string of the molecule is Fc1ccc(/C=C/c2nc(SCc3cccc(F)c3)n[nH]2)cc1. The van der Waals surface area contributed by atoms with E-state index in [4.69, 9.17) is 0 Å². The van der Waals surface area contributed by atoms with E-state index in [9.17, 15) is 8.78 Å². The molecule has 3 rings (SSSR count). The van der Waals surface area contributed by atoms with Gasteiger partial charge in [0.2, 0.25) is 5.16 Å². The van der Waals surface area contributed by atoms with Gasteiger partial charge >= 0.3 is 0 Å². The normalized spacial score (nSPS) is 11.2. The first kappa shape index (κ1) is 15.4. The van der Waals surface area contributed by atoms with Crippen LogP contribution in [0.15, 0.2) is 53.7 Å². The number of H-pyrrole nitrogens is 1. The highest BCUT2D eigenvalue weighted by atomic mass is 32.2. The van der Waals surface area contributed by atoms with Gasteiger partial charge in [0.1, 0.15) is 17.5 Å². The van der Waals surface area contributed by atoms with Crippen LogP contribution in [-0.4, -0.2) is 15.2 Å². The zero-order valence-electron chi connectivity index (χ0n) is 12.0. The van der Waals surface area contributed by atoms with Crippen LogP contribution in [-0.2, 0) is 5.75 Å². The van der Waals surface area contributed by atoms with Crippen molar-refractivity contribution >= 4 is 23.9 Å². The van der Waals surface area contributed by atoms with Crippen LogP contribution < -0.4 is 0 Å². The molecule has 0 amide bonds. The van der Waals surface area contributed by atoms with Gasteiger partial charge in [-0.3, -0.25) is 5.10 Å². The second kappa shape index (κ2) is 7.19. The standard InChI is InChI=1S/C17H13F2N3S/c18-14-7-4-12(5-8-14)6-9-16-20-17(22-21-16)23-11-13-2-1-3-15(19)10-13/h1-10H,11H2,(H,20,21,22)/b9-6+. The van der Waals surface area contributed by atoms with Gasteiger partial charge in [-0.05, 0) is 41.5 Å². The van der Waals surface area contributed by atoms with Crippen molar-refractivity contribution in [1.82, 2.24) is 15.2 Å². The summed E-state index contributed by atoms with van der Waals surface area (Å²) in [6.07, 6.45) is 3.59. The maximum absolute atomic E-state index is 13.1. The van der Waals surface area contributed by atoms with Crippen molar-refractivity contribution < 1.29 is 8.78 Å². The molecule has 0 aliphatic heterocycles. The number of thioether (sulfide) groups is 1. The van der Waals surface area contributed by atoms with Crippen LogP contribution in [0.5, 0.6) is 0 Å². The number of rotatable bonds is 5.